The number of halogens is 1. The lowest BCUT2D eigenvalue weighted by Crippen LogP contribution is -2.33. The van der Waals surface area contributed by atoms with Gasteiger partial charge in [0.1, 0.15) is 11.9 Å². The monoisotopic (exact) mass is 365 g/mol. The molecule has 1 N–H and O–H groups in total. The summed E-state index contributed by atoms with van der Waals surface area (Å²) in [5.41, 5.74) is 3.85. The third-order valence-electron chi connectivity index (χ3n) is 4.49. The number of hydrogen-bond acceptors (Lipinski definition) is 3. The fourth-order valence-corrected chi connectivity index (χ4v) is 2.65. The Morgan fingerprint density at radius 2 is 1.74 bits per heavy atom. The highest BCUT2D eigenvalue weighted by Gasteiger charge is 2.18. The van der Waals surface area contributed by atoms with Crippen LogP contribution < -0.4 is 10.9 Å². The van der Waals surface area contributed by atoms with Crippen molar-refractivity contribution in [2.24, 2.45) is 0 Å². The molecule has 27 heavy (non-hydrogen) atoms. The standard InChI is InChI=1S/C21H20FN3O2/c1-13-4-5-16(12-14(13)2)19-10-11-20(26)25(24-19)15(3)21(27)23-18-8-6-17(22)7-9-18/h4-12,15H,1-3H3,(H,23,27)/t15-/m1/s1. The third-order valence-corrected chi connectivity index (χ3v) is 4.49. The molecule has 0 spiro atoms. The number of aryl methyl sites for hydroxylation is 2. The van der Waals surface area contributed by atoms with Crippen molar-refractivity contribution < 1.29 is 9.18 Å². The smallest absolute Gasteiger partial charge is 0.267 e. The van der Waals surface area contributed by atoms with Gasteiger partial charge in [-0.05, 0) is 68.3 Å². The summed E-state index contributed by atoms with van der Waals surface area (Å²) in [6, 6.07) is 13.6. The third kappa shape index (κ3) is 4.11. The molecule has 0 bridgehead atoms. The number of rotatable bonds is 4. The number of amides is 1. The van der Waals surface area contributed by atoms with Crippen LogP contribution in [0.4, 0.5) is 10.1 Å². The average molecular weight is 365 g/mol. The molecule has 2 aromatic carbocycles. The molecule has 1 amide bonds. The molecule has 0 aliphatic carbocycles. The molecule has 0 radical (unpaired) electrons. The molecule has 1 heterocycles. The lowest BCUT2D eigenvalue weighted by atomic mass is 10.0. The fourth-order valence-electron chi connectivity index (χ4n) is 2.65. The van der Waals surface area contributed by atoms with Crippen molar-refractivity contribution >= 4 is 11.6 Å². The van der Waals surface area contributed by atoms with E-state index in [9.17, 15) is 14.0 Å². The van der Waals surface area contributed by atoms with Crippen LogP contribution in [0.25, 0.3) is 11.3 Å². The Morgan fingerprint density at radius 1 is 1.04 bits per heavy atom. The van der Waals surface area contributed by atoms with Gasteiger partial charge >= 0.3 is 0 Å². The van der Waals surface area contributed by atoms with E-state index in [1.54, 1.807) is 13.0 Å². The Morgan fingerprint density at radius 3 is 2.41 bits per heavy atom. The fraction of sp³-hybridized carbons (Fsp3) is 0.190. The average Bonchev–Trinajstić information content (AvgIpc) is 2.65. The zero-order valence-corrected chi connectivity index (χ0v) is 15.4. The number of anilines is 1. The van der Waals surface area contributed by atoms with Crippen LogP contribution in [0.3, 0.4) is 0 Å². The van der Waals surface area contributed by atoms with E-state index in [1.165, 1.54) is 35.9 Å². The number of benzene rings is 2. The first-order valence-electron chi connectivity index (χ1n) is 8.59. The second kappa shape index (κ2) is 7.53. The SMILES string of the molecule is Cc1ccc(-c2ccc(=O)n([C@H](C)C(=O)Nc3ccc(F)cc3)n2)cc1C. The molecule has 3 rings (SSSR count). The molecule has 3 aromatic rings. The first kappa shape index (κ1) is 18.5. The summed E-state index contributed by atoms with van der Waals surface area (Å²) in [5.74, 6) is -0.798. The summed E-state index contributed by atoms with van der Waals surface area (Å²) in [4.78, 5) is 24.7. The first-order chi connectivity index (χ1) is 12.8. The second-order valence-corrected chi connectivity index (χ2v) is 6.47. The Bertz CT molecular complexity index is 1040. The van der Waals surface area contributed by atoms with Crippen molar-refractivity contribution in [3.05, 3.63) is 81.9 Å². The summed E-state index contributed by atoms with van der Waals surface area (Å²) < 4.78 is 14.1. The summed E-state index contributed by atoms with van der Waals surface area (Å²) in [6.45, 7) is 5.63. The van der Waals surface area contributed by atoms with Crippen molar-refractivity contribution in [3.8, 4) is 11.3 Å². The maximum atomic E-state index is 13.0. The highest BCUT2D eigenvalue weighted by Crippen LogP contribution is 2.20. The van der Waals surface area contributed by atoms with Gasteiger partial charge in [0.05, 0.1) is 5.69 Å². The van der Waals surface area contributed by atoms with Crippen LogP contribution in [0.1, 0.15) is 24.1 Å². The number of carbonyl (C=O) groups excluding carboxylic acids is 1. The molecule has 0 fully saturated rings. The molecule has 0 saturated heterocycles. The second-order valence-electron chi connectivity index (χ2n) is 6.47. The molecule has 1 aromatic heterocycles. The molecule has 0 unspecified atom stereocenters. The van der Waals surface area contributed by atoms with E-state index in [2.05, 4.69) is 10.4 Å². The first-order valence-corrected chi connectivity index (χ1v) is 8.59. The van der Waals surface area contributed by atoms with Gasteiger partial charge in [-0.3, -0.25) is 9.59 Å². The maximum Gasteiger partial charge on any atom is 0.267 e. The van der Waals surface area contributed by atoms with Crippen molar-refractivity contribution in [2.45, 2.75) is 26.8 Å². The Kier molecular flexibility index (Phi) is 5.16. The minimum atomic E-state index is -0.825. The predicted octanol–water partition coefficient (Wildman–Crippen LogP) is 3.87. The van der Waals surface area contributed by atoms with Crippen molar-refractivity contribution in [3.63, 3.8) is 0 Å². The van der Waals surface area contributed by atoms with Gasteiger partial charge < -0.3 is 5.32 Å². The van der Waals surface area contributed by atoms with Gasteiger partial charge in [-0.25, -0.2) is 9.07 Å². The van der Waals surface area contributed by atoms with Crippen molar-refractivity contribution in [1.29, 1.82) is 0 Å². The molecule has 5 nitrogen and oxygen atoms in total. The predicted molar refractivity (Wildman–Crippen MR) is 103 cm³/mol. The van der Waals surface area contributed by atoms with E-state index < -0.39 is 11.9 Å². The van der Waals surface area contributed by atoms with E-state index in [-0.39, 0.29) is 11.4 Å². The van der Waals surface area contributed by atoms with Crippen LogP contribution in [-0.4, -0.2) is 15.7 Å². The van der Waals surface area contributed by atoms with E-state index in [0.29, 0.717) is 11.4 Å². The van der Waals surface area contributed by atoms with E-state index in [0.717, 1.165) is 15.8 Å². The number of nitrogens with one attached hydrogen (secondary N) is 1. The lowest BCUT2D eigenvalue weighted by Gasteiger charge is -2.15. The summed E-state index contributed by atoms with van der Waals surface area (Å²) in [6.07, 6.45) is 0. The van der Waals surface area contributed by atoms with Gasteiger partial charge in [0.15, 0.2) is 0 Å². The molecule has 0 aliphatic heterocycles. The van der Waals surface area contributed by atoms with Crippen LogP contribution >= 0.6 is 0 Å². The van der Waals surface area contributed by atoms with Gasteiger partial charge in [-0.2, -0.15) is 5.10 Å². The quantitative estimate of drug-likeness (QED) is 0.763. The highest BCUT2D eigenvalue weighted by atomic mass is 19.1. The number of nitrogens with zero attached hydrogens (tertiary/aromatic N) is 2. The van der Waals surface area contributed by atoms with E-state index >= 15 is 0 Å². The normalized spacial score (nSPS) is 11.9. The van der Waals surface area contributed by atoms with Gasteiger partial charge in [-0.15, -0.1) is 0 Å². The van der Waals surface area contributed by atoms with E-state index in [1.807, 2.05) is 32.0 Å². The van der Waals surface area contributed by atoms with Crippen LogP contribution in [0.15, 0.2) is 59.4 Å². The zero-order valence-electron chi connectivity index (χ0n) is 15.4. The number of carbonyl (C=O) groups is 1. The molecule has 138 valence electrons. The van der Waals surface area contributed by atoms with Gasteiger partial charge in [0.2, 0.25) is 5.91 Å². The Labute approximate surface area is 156 Å². The highest BCUT2D eigenvalue weighted by molar-refractivity contribution is 5.93. The maximum absolute atomic E-state index is 13.0. The number of aromatic nitrogens is 2. The minimum Gasteiger partial charge on any atom is -0.324 e. The summed E-state index contributed by atoms with van der Waals surface area (Å²) >= 11 is 0. The summed E-state index contributed by atoms with van der Waals surface area (Å²) in [5, 5.41) is 7.04. The van der Waals surface area contributed by atoms with Gasteiger partial charge in [-0.1, -0.05) is 12.1 Å². The lowest BCUT2D eigenvalue weighted by molar-refractivity contribution is -0.119. The van der Waals surface area contributed by atoms with Crippen LogP contribution in [0.2, 0.25) is 0 Å². The van der Waals surface area contributed by atoms with Crippen LogP contribution in [0, 0.1) is 19.7 Å². The summed E-state index contributed by atoms with van der Waals surface area (Å²) in [7, 11) is 0. The van der Waals surface area contributed by atoms with E-state index in [4.69, 9.17) is 0 Å². The molecule has 6 heteroatoms. The molecule has 0 saturated carbocycles. The van der Waals surface area contributed by atoms with Crippen molar-refractivity contribution in [1.82, 2.24) is 9.78 Å². The van der Waals surface area contributed by atoms with Crippen LogP contribution in [0.5, 0.6) is 0 Å². The Hall–Kier alpha value is -3.28. The van der Waals surface area contributed by atoms with Crippen molar-refractivity contribution in [2.75, 3.05) is 5.32 Å². The molecular formula is C21H20FN3O2. The largest absolute Gasteiger partial charge is 0.324 e. The molecule has 0 aliphatic rings. The van der Waals surface area contributed by atoms with Crippen LogP contribution in [-0.2, 0) is 4.79 Å². The molecular weight excluding hydrogens is 345 g/mol. The number of hydrogen-bond donors (Lipinski definition) is 1. The minimum absolute atomic E-state index is 0.371. The Balaban J connectivity index is 1.88. The topological polar surface area (TPSA) is 64.0 Å². The van der Waals surface area contributed by atoms with Gasteiger partial charge in [0.25, 0.3) is 5.56 Å². The zero-order chi connectivity index (χ0) is 19.6. The van der Waals surface area contributed by atoms with Gasteiger partial charge in [0, 0.05) is 17.3 Å². The molecule has 1 atom stereocenters.